The Kier molecular flexibility index (Phi) is 7.03. The second-order valence-electron chi connectivity index (χ2n) is 4.80. The van der Waals surface area contributed by atoms with E-state index >= 15 is 0 Å². The molecule has 0 aliphatic heterocycles. The summed E-state index contributed by atoms with van der Waals surface area (Å²) in [6, 6.07) is 14.0. The van der Waals surface area contributed by atoms with E-state index in [0.717, 1.165) is 11.1 Å². The van der Waals surface area contributed by atoms with E-state index in [0.29, 0.717) is 35.7 Å². The van der Waals surface area contributed by atoms with Crippen molar-refractivity contribution in [3.05, 3.63) is 59.7 Å². The van der Waals surface area contributed by atoms with Gasteiger partial charge in [0.15, 0.2) is 0 Å². The van der Waals surface area contributed by atoms with E-state index < -0.39 is 9.84 Å². The van der Waals surface area contributed by atoms with Gasteiger partial charge < -0.3 is 11.5 Å². The normalized spacial score (nSPS) is 11.0. The Bertz CT molecular complexity index is 662. The maximum Gasteiger partial charge on any atom is 0.207 e. The molecule has 0 bridgehead atoms. The molecule has 22 heavy (non-hydrogen) atoms. The molecule has 0 saturated heterocycles. The van der Waals surface area contributed by atoms with E-state index in [2.05, 4.69) is 0 Å². The lowest BCUT2D eigenvalue weighted by Gasteiger charge is -2.13. The average Bonchev–Trinajstić information content (AvgIpc) is 2.49. The van der Waals surface area contributed by atoms with Crippen molar-refractivity contribution in [3.63, 3.8) is 0 Å². The summed E-state index contributed by atoms with van der Waals surface area (Å²) < 4.78 is 25.9. The molecule has 0 saturated carbocycles. The highest BCUT2D eigenvalue weighted by atomic mass is 35.5. The van der Waals surface area contributed by atoms with Crippen molar-refractivity contribution in [1.29, 1.82) is 0 Å². The van der Waals surface area contributed by atoms with Crippen LogP contribution in [0.4, 0.5) is 0 Å². The lowest BCUT2D eigenvalue weighted by molar-refractivity contribution is 0.593. The Hall–Kier alpha value is -1.40. The van der Waals surface area contributed by atoms with E-state index in [4.69, 9.17) is 11.5 Å². The quantitative estimate of drug-likeness (QED) is 0.841. The minimum Gasteiger partial charge on any atom is -0.330 e. The number of sulfone groups is 1. The smallest absolute Gasteiger partial charge is 0.207 e. The van der Waals surface area contributed by atoms with Crippen LogP contribution in [0.2, 0.25) is 0 Å². The number of halogens is 1. The molecule has 0 amide bonds. The molecule has 0 aliphatic rings. The van der Waals surface area contributed by atoms with Gasteiger partial charge in [0, 0.05) is 0 Å². The minimum absolute atomic E-state index is 0. The fraction of sp³-hybridized carbons (Fsp3) is 0.250. The number of rotatable bonds is 6. The van der Waals surface area contributed by atoms with Gasteiger partial charge in [-0.3, -0.25) is 0 Å². The number of benzene rings is 2. The standard InChI is InChI=1S/C16H20N2O2S.ClH/c17-11-9-13-5-1-3-7-15(13)21(19,20)16-8-4-2-6-14(16)10-12-18;/h1-8H,9-12,17-18H2;1H. The maximum absolute atomic E-state index is 12.9. The first-order chi connectivity index (χ1) is 10.1. The van der Waals surface area contributed by atoms with Crippen molar-refractivity contribution in [3.8, 4) is 0 Å². The molecule has 2 rings (SSSR count). The van der Waals surface area contributed by atoms with Gasteiger partial charge in [-0.2, -0.15) is 0 Å². The molecule has 0 unspecified atom stereocenters. The molecule has 0 atom stereocenters. The van der Waals surface area contributed by atoms with Gasteiger partial charge in [-0.05, 0) is 49.2 Å². The Morgan fingerprint density at radius 2 is 1.09 bits per heavy atom. The van der Waals surface area contributed by atoms with Gasteiger partial charge in [-0.1, -0.05) is 36.4 Å². The van der Waals surface area contributed by atoms with Crippen LogP contribution in [-0.4, -0.2) is 21.5 Å². The lowest BCUT2D eigenvalue weighted by Crippen LogP contribution is -2.13. The number of nitrogens with two attached hydrogens (primary N) is 2. The molecule has 0 heterocycles. The van der Waals surface area contributed by atoms with Gasteiger partial charge in [0.2, 0.25) is 9.84 Å². The van der Waals surface area contributed by atoms with Crippen molar-refractivity contribution in [2.24, 2.45) is 11.5 Å². The Morgan fingerprint density at radius 3 is 1.45 bits per heavy atom. The zero-order valence-corrected chi connectivity index (χ0v) is 13.9. The maximum atomic E-state index is 12.9. The predicted octanol–water partition coefficient (Wildman–Crippen LogP) is 1.94. The molecule has 120 valence electrons. The van der Waals surface area contributed by atoms with Crippen molar-refractivity contribution >= 4 is 22.2 Å². The largest absolute Gasteiger partial charge is 0.330 e. The molecule has 4 N–H and O–H groups in total. The van der Waals surface area contributed by atoms with Gasteiger partial charge in [0.25, 0.3) is 0 Å². The van der Waals surface area contributed by atoms with E-state index in [-0.39, 0.29) is 12.4 Å². The van der Waals surface area contributed by atoms with Gasteiger partial charge in [0.1, 0.15) is 0 Å². The summed E-state index contributed by atoms with van der Waals surface area (Å²) in [5.74, 6) is 0. The second-order valence-corrected chi connectivity index (χ2v) is 6.68. The summed E-state index contributed by atoms with van der Waals surface area (Å²) in [6.07, 6.45) is 1.07. The molecule has 2 aromatic rings. The summed E-state index contributed by atoms with van der Waals surface area (Å²) in [5, 5.41) is 0. The molecule has 4 nitrogen and oxygen atoms in total. The van der Waals surface area contributed by atoms with E-state index in [1.807, 2.05) is 24.3 Å². The third kappa shape index (κ3) is 3.87. The van der Waals surface area contributed by atoms with Crippen molar-refractivity contribution in [2.75, 3.05) is 13.1 Å². The minimum atomic E-state index is -3.56. The SMILES string of the molecule is Cl.NCCc1ccccc1S(=O)(=O)c1ccccc1CCN. The Balaban J connectivity index is 0.00000242. The van der Waals surface area contributed by atoms with Crippen LogP contribution < -0.4 is 11.5 Å². The van der Waals surface area contributed by atoms with Crippen molar-refractivity contribution in [1.82, 2.24) is 0 Å². The number of hydrogen-bond donors (Lipinski definition) is 2. The molecule has 0 aromatic heterocycles. The van der Waals surface area contributed by atoms with Crippen LogP contribution in [0.5, 0.6) is 0 Å². The summed E-state index contributed by atoms with van der Waals surface area (Å²) in [5.41, 5.74) is 12.7. The predicted molar refractivity (Wildman–Crippen MR) is 91.1 cm³/mol. The summed E-state index contributed by atoms with van der Waals surface area (Å²) in [4.78, 5) is 0.667. The highest BCUT2D eigenvalue weighted by Crippen LogP contribution is 2.27. The molecule has 0 aliphatic carbocycles. The van der Waals surface area contributed by atoms with Crippen LogP contribution >= 0.6 is 12.4 Å². The van der Waals surface area contributed by atoms with Crippen LogP contribution in [0.3, 0.4) is 0 Å². The third-order valence-electron chi connectivity index (χ3n) is 3.35. The van der Waals surface area contributed by atoms with E-state index in [1.54, 1.807) is 24.3 Å². The monoisotopic (exact) mass is 340 g/mol. The van der Waals surface area contributed by atoms with E-state index in [9.17, 15) is 8.42 Å². The lowest BCUT2D eigenvalue weighted by atomic mass is 10.1. The first-order valence-corrected chi connectivity index (χ1v) is 8.40. The van der Waals surface area contributed by atoms with Crippen molar-refractivity contribution in [2.45, 2.75) is 22.6 Å². The molecule has 0 fully saturated rings. The zero-order valence-electron chi connectivity index (χ0n) is 12.2. The highest BCUT2D eigenvalue weighted by Gasteiger charge is 2.23. The van der Waals surface area contributed by atoms with Crippen molar-refractivity contribution < 1.29 is 8.42 Å². The fourth-order valence-corrected chi connectivity index (χ4v) is 4.16. The zero-order chi connectivity index (χ0) is 15.3. The Morgan fingerprint density at radius 1 is 0.727 bits per heavy atom. The fourth-order valence-electron chi connectivity index (χ4n) is 2.37. The molecule has 0 radical (unpaired) electrons. The van der Waals surface area contributed by atoms with Crippen LogP contribution in [0, 0.1) is 0 Å². The van der Waals surface area contributed by atoms with Crippen LogP contribution in [-0.2, 0) is 22.7 Å². The molecule has 6 heteroatoms. The second kappa shape index (κ2) is 8.29. The first kappa shape index (κ1) is 18.6. The third-order valence-corrected chi connectivity index (χ3v) is 5.31. The number of hydrogen-bond acceptors (Lipinski definition) is 4. The first-order valence-electron chi connectivity index (χ1n) is 6.92. The van der Waals surface area contributed by atoms with Gasteiger partial charge in [0.05, 0.1) is 9.79 Å². The van der Waals surface area contributed by atoms with Gasteiger partial charge in [-0.15, -0.1) is 12.4 Å². The van der Waals surface area contributed by atoms with Gasteiger partial charge in [-0.25, -0.2) is 8.42 Å². The molecular weight excluding hydrogens is 320 g/mol. The molecular formula is C16H21ClN2O2S. The average molecular weight is 341 g/mol. The van der Waals surface area contributed by atoms with E-state index in [1.165, 1.54) is 0 Å². The van der Waals surface area contributed by atoms with Crippen LogP contribution in [0.1, 0.15) is 11.1 Å². The van der Waals surface area contributed by atoms with Crippen LogP contribution in [0.25, 0.3) is 0 Å². The summed E-state index contributed by atoms with van der Waals surface area (Å²) in [6.45, 7) is 0.827. The highest BCUT2D eigenvalue weighted by molar-refractivity contribution is 7.91. The Labute approximate surface area is 137 Å². The van der Waals surface area contributed by atoms with Gasteiger partial charge >= 0.3 is 0 Å². The summed E-state index contributed by atoms with van der Waals surface area (Å²) in [7, 11) is -3.56. The molecule has 2 aromatic carbocycles. The molecule has 0 spiro atoms. The summed E-state index contributed by atoms with van der Waals surface area (Å²) >= 11 is 0. The topological polar surface area (TPSA) is 86.2 Å². The van der Waals surface area contributed by atoms with Crippen LogP contribution in [0.15, 0.2) is 58.3 Å².